The summed E-state index contributed by atoms with van der Waals surface area (Å²) < 4.78 is 0. The number of carboxylic acid groups (broad SMARTS) is 2. The van der Waals surface area contributed by atoms with E-state index in [1.165, 1.54) is 24.3 Å². The number of aromatic carboxylic acids is 2. The number of carbonyl (C=O) groups excluding carboxylic acids is 2. The van der Waals surface area contributed by atoms with Crippen LogP contribution in [0.15, 0.2) is 52.3 Å². The van der Waals surface area contributed by atoms with E-state index in [-0.39, 0.29) is 16.1 Å². The van der Waals surface area contributed by atoms with E-state index in [4.69, 9.17) is 11.6 Å². The Morgan fingerprint density at radius 3 is 2.15 bits per heavy atom. The van der Waals surface area contributed by atoms with Gasteiger partial charge in [0.2, 0.25) is 0 Å². The fraction of sp³-hybridized carbons (Fsp3) is 0. The van der Waals surface area contributed by atoms with Crippen LogP contribution in [0.5, 0.6) is 0 Å². The third-order valence-electron chi connectivity index (χ3n) is 2.49. The molecule has 0 radical (unpaired) electrons. The summed E-state index contributed by atoms with van der Waals surface area (Å²) >= 11 is 6.75. The Morgan fingerprint density at radius 2 is 1.50 bits per heavy atom. The molecule has 2 aromatic rings. The van der Waals surface area contributed by atoms with Crippen molar-refractivity contribution < 1.29 is 19.8 Å². The standard InChI is InChI=1S/C14H9ClO4S/c15-8-5-6-12(10(7-8)14(18)19)20-11-4-2-1-3-9(11)13(16)17/h1-7H,(H,16,17)(H,18,19)/p-2. The number of halogens is 1. The zero-order valence-corrected chi connectivity index (χ0v) is 11.5. The lowest BCUT2D eigenvalue weighted by Crippen LogP contribution is -2.23. The molecule has 0 saturated heterocycles. The van der Waals surface area contributed by atoms with E-state index in [1.807, 2.05) is 0 Å². The number of hydrogen-bond donors (Lipinski definition) is 0. The zero-order chi connectivity index (χ0) is 14.7. The lowest BCUT2D eigenvalue weighted by Gasteiger charge is -2.13. The molecule has 0 spiro atoms. The maximum absolute atomic E-state index is 11.1. The third-order valence-corrected chi connectivity index (χ3v) is 3.88. The molecular formula is C14H7ClO4S-2. The van der Waals surface area contributed by atoms with Crippen molar-refractivity contribution in [2.45, 2.75) is 9.79 Å². The highest BCUT2D eigenvalue weighted by atomic mass is 35.5. The summed E-state index contributed by atoms with van der Waals surface area (Å²) in [5.41, 5.74) is -0.0904. The second-order valence-electron chi connectivity index (χ2n) is 3.81. The molecule has 4 nitrogen and oxygen atoms in total. The molecule has 6 heteroatoms. The van der Waals surface area contributed by atoms with Crippen LogP contribution in [0.3, 0.4) is 0 Å². The van der Waals surface area contributed by atoms with Crippen molar-refractivity contribution in [2.24, 2.45) is 0 Å². The topological polar surface area (TPSA) is 80.3 Å². The summed E-state index contributed by atoms with van der Waals surface area (Å²) in [7, 11) is 0. The van der Waals surface area contributed by atoms with Crippen LogP contribution in [0.2, 0.25) is 5.02 Å². The molecule has 2 aromatic carbocycles. The van der Waals surface area contributed by atoms with Gasteiger partial charge in [-0.25, -0.2) is 0 Å². The Balaban J connectivity index is 2.45. The average molecular weight is 307 g/mol. The molecule has 0 aliphatic heterocycles. The van der Waals surface area contributed by atoms with Gasteiger partial charge in [0.25, 0.3) is 0 Å². The van der Waals surface area contributed by atoms with Gasteiger partial charge in [-0.3, -0.25) is 0 Å². The van der Waals surface area contributed by atoms with Crippen LogP contribution in [0.4, 0.5) is 0 Å². The second-order valence-corrected chi connectivity index (χ2v) is 5.33. The van der Waals surface area contributed by atoms with Crippen LogP contribution in [0, 0.1) is 0 Å². The Kier molecular flexibility index (Phi) is 4.32. The van der Waals surface area contributed by atoms with E-state index in [9.17, 15) is 19.8 Å². The molecule has 0 aromatic heterocycles. The number of rotatable bonds is 4. The van der Waals surface area contributed by atoms with Gasteiger partial charge in [0, 0.05) is 25.9 Å². The molecule has 0 aliphatic carbocycles. The lowest BCUT2D eigenvalue weighted by molar-refractivity contribution is -0.256. The second kappa shape index (κ2) is 5.98. The molecule has 0 aliphatic rings. The monoisotopic (exact) mass is 306 g/mol. The molecule has 2 rings (SSSR count). The SMILES string of the molecule is O=C([O-])c1ccccc1Sc1ccc(Cl)cc1C(=O)[O-]. The lowest BCUT2D eigenvalue weighted by atomic mass is 10.2. The number of carboxylic acids is 2. The average Bonchev–Trinajstić information content (AvgIpc) is 2.41. The molecule has 20 heavy (non-hydrogen) atoms. The van der Waals surface area contributed by atoms with E-state index in [2.05, 4.69) is 0 Å². The quantitative estimate of drug-likeness (QED) is 0.848. The molecular weight excluding hydrogens is 300 g/mol. The molecule has 0 bridgehead atoms. The minimum absolute atomic E-state index is 0.00301. The summed E-state index contributed by atoms with van der Waals surface area (Å²) in [5, 5.41) is 22.3. The zero-order valence-electron chi connectivity index (χ0n) is 9.96. The minimum Gasteiger partial charge on any atom is -0.545 e. The fourth-order valence-electron chi connectivity index (χ4n) is 1.59. The predicted molar refractivity (Wildman–Crippen MR) is 70.7 cm³/mol. The predicted octanol–water partition coefficient (Wildman–Crippen LogP) is 1.22. The first kappa shape index (κ1) is 14.4. The van der Waals surface area contributed by atoms with Gasteiger partial charge in [0.1, 0.15) is 0 Å². The fourth-order valence-corrected chi connectivity index (χ4v) is 2.80. The molecule has 0 fully saturated rings. The largest absolute Gasteiger partial charge is 0.545 e. The van der Waals surface area contributed by atoms with Crippen molar-refractivity contribution in [2.75, 3.05) is 0 Å². The van der Waals surface area contributed by atoms with E-state index >= 15 is 0 Å². The minimum atomic E-state index is -1.37. The molecule has 0 N–H and O–H groups in total. The summed E-state index contributed by atoms with van der Waals surface area (Å²) in [5.74, 6) is -2.70. The maximum Gasteiger partial charge on any atom is 0.0727 e. The van der Waals surface area contributed by atoms with Crippen molar-refractivity contribution in [3.63, 3.8) is 0 Å². The summed E-state index contributed by atoms with van der Waals surface area (Å²) in [6.45, 7) is 0. The van der Waals surface area contributed by atoms with Crippen LogP contribution < -0.4 is 10.2 Å². The smallest absolute Gasteiger partial charge is 0.0727 e. The highest BCUT2D eigenvalue weighted by Gasteiger charge is 2.09. The van der Waals surface area contributed by atoms with Gasteiger partial charge >= 0.3 is 0 Å². The summed E-state index contributed by atoms with van der Waals surface area (Å²) in [6.07, 6.45) is 0. The molecule has 102 valence electrons. The number of benzene rings is 2. The maximum atomic E-state index is 11.1. The van der Waals surface area contributed by atoms with Crippen LogP contribution in [-0.2, 0) is 0 Å². The van der Waals surface area contributed by atoms with Gasteiger partial charge in [-0.2, -0.15) is 0 Å². The van der Waals surface area contributed by atoms with E-state index in [0.717, 1.165) is 11.8 Å². The Hall–Kier alpha value is -1.98. The third kappa shape index (κ3) is 3.12. The first-order valence-corrected chi connectivity index (χ1v) is 6.67. The van der Waals surface area contributed by atoms with Crippen LogP contribution in [0.25, 0.3) is 0 Å². The van der Waals surface area contributed by atoms with Crippen molar-refractivity contribution in [1.29, 1.82) is 0 Å². The number of hydrogen-bond acceptors (Lipinski definition) is 5. The van der Waals surface area contributed by atoms with Crippen LogP contribution in [0.1, 0.15) is 20.7 Å². The first-order chi connectivity index (χ1) is 9.49. The highest BCUT2D eigenvalue weighted by molar-refractivity contribution is 7.99. The van der Waals surface area contributed by atoms with Crippen molar-refractivity contribution in [1.82, 2.24) is 0 Å². The summed E-state index contributed by atoms with van der Waals surface area (Å²) in [4.78, 5) is 22.8. The molecule has 0 saturated carbocycles. The molecule has 0 unspecified atom stereocenters. The molecule has 0 amide bonds. The highest BCUT2D eigenvalue weighted by Crippen LogP contribution is 2.33. The van der Waals surface area contributed by atoms with Gasteiger partial charge in [-0.15, -0.1) is 0 Å². The summed E-state index contributed by atoms with van der Waals surface area (Å²) in [6, 6.07) is 10.5. The van der Waals surface area contributed by atoms with Crippen molar-refractivity contribution in [3.05, 3.63) is 58.6 Å². The van der Waals surface area contributed by atoms with Crippen molar-refractivity contribution in [3.8, 4) is 0 Å². The van der Waals surface area contributed by atoms with Gasteiger partial charge < -0.3 is 19.8 Å². The Labute approximate surface area is 124 Å². The van der Waals surface area contributed by atoms with E-state index in [0.29, 0.717) is 9.79 Å². The van der Waals surface area contributed by atoms with Gasteiger partial charge in [0.15, 0.2) is 0 Å². The van der Waals surface area contributed by atoms with Crippen LogP contribution >= 0.6 is 23.4 Å². The molecule has 0 atom stereocenters. The van der Waals surface area contributed by atoms with E-state index in [1.54, 1.807) is 18.2 Å². The van der Waals surface area contributed by atoms with Gasteiger partial charge in [-0.1, -0.05) is 41.6 Å². The normalized spacial score (nSPS) is 10.2. The van der Waals surface area contributed by atoms with Gasteiger partial charge in [-0.05, 0) is 24.3 Å². The van der Waals surface area contributed by atoms with Crippen LogP contribution in [-0.4, -0.2) is 11.9 Å². The van der Waals surface area contributed by atoms with E-state index < -0.39 is 11.9 Å². The Morgan fingerprint density at radius 1 is 0.900 bits per heavy atom. The number of carbonyl (C=O) groups is 2. The Bertz CT molecular complexity index is 685. The van der Waals surface area contributed by atoms with Gasteiger partial charge in [0.05, 0.1) is 11.9 Å². The van der Waals surface area contributed by atoms with Crippen molar-refractivity contribution >= 4 is 35.3 Å². The first-order valence-electron chi connectivity index (χ1n) is 5.48. The molecule has 0 heterocycles.